The van der Waals surface area contributed by atoms with Crippen LogP contribution in [0.4, 0.5) is 0 Å². The Balaban J connectivity index is 2.72. The van der Waals surface area contributed by atoms with Crippen LogP contribution in [0, 0.1) is 0 Å². The monoisotopic (exact) mass is 253 g/mol. The second kappa shape index (κ2) is 7.48. The van der Waals surface area contributed by atoms with Crippen LogP contribution in [-0.4, -0.2) is 36.1 Å². The van der Waals surface area contributed by atoms with Crippen molar-refractivity contribution in [2.24, 2.45) is 0 Å². The van der Waals surface area contributed by atoms with Crippen LogP contribution in [0.1, 0.15) is 24.5 Å². The van der Waals surface area contributed by atoms with Crippen LogP contribution in [0.25, 0.3) is 0 Å². The number of aliphatic hydroxyl groups is 2. The summed E-state index contributed by atoms with van der Waals surface area (Å²) in [5.41, 5.74) is 1.63. The average Bonchev–Trinajstić information content (AvgIpc) is 2.43. The van der Waals surface area contributed by atoms with Crippen molar-refractivity contribution in [3.63, 3.8) is 0 Å². The van der Waals surface area contributed by atoms with Crippen LogP contribution in [0.15, 0.2) is 24.3 Å². The van der Waals surface area contributed by atoms with Gasteiger partial charge in [0.1, 0.15) is 0 Å². The third-order valence-corrected chi connectivity index (χ3v) is 3.35. The molecule has 0 unspecified atom stereocenters. The third kappa shape index (κ3) is 3.78. The summed E-state index contributed by atoms with van der Waals surface area (Å²) in [4.78, 5) is 0. The molecular weight excluding hydrogens is 230 g/mol. The molecule has 1 rings (SSSR count). The molecular formula is C14H23NO3. The van der Waals surface area contributed by atoms with Crippen molar-refractivity contribution in [3.8, 4) is 0 Å². The van der Waals surface area contributed by atoms with Gasteiger partial charge in [0.15, 0.2) is 0 Å². The highest BCUT2D eigenvalue weighted by Crippen LogP contribution is 2.14. The minimum Gasteiger partial charge on any atom is -0.394 e. The Morgan fingerprint density at radius 3 is 2.28 bits per heavy atom. The Labute approximate surface area is 109 Å². The van der Waals surface area contributed by atoms with E-state index in [0.717, 1.165) is 11.1 Å². The molecule has 0 atom stereocenters. The summed E-state index contributed by atoms with van der Waals surface area (Å²) in [7, 11) is 1.67. The molecule has 0 aliphatic carbocycles. The summed E-state index contributed by atoms with van der Waals surface area (Å²) in [6.07, 6.45) is 0.673. The maximum Gasteiger partial charge on any atom is 0.0716 e. The zero-order chi connectivity index (χ0) is 13.4. The predicted octanol–water partition coefficient (Wildman–Crippen LogP) is 1.06. The van der Waals surface area contributed by atoms with Crippen molar-refractivity contribution in [3.05, 3.63) is 35.4 Å². The van der Waals surface area contributed by atoms with Gasteiger partial charge in [0, 0.05) is 13.7 Å². The second-order valence-corrected chi connectivity index (χ2v) is 4.51. The van der Waals surface area contributed by atoms with E-state index >= 15 is 0 Å². The molecule has 102 valence electrons. The normalized spacial score (nSPS) is 11.8. The molecule has 0 aliphatic heterocycles. The summed E-state index contributed by atoms with van der Waals surface area (Å²) < 4.78 is 5.15. The van der Waals surface area contributed by atoms with E-state index < -0.39 is 5.54 Å². The fourth-order valence-electron chi connectivity index (χ4n) is 1.82. The van der Waals surface area contributed by atoms with E-state index in [1.807, 2.05) is 31.2 Å². The summed E-state index contributed by atoms with van der Waals surface area (Å²) in [5.74, 6) is 0. The molecule has 0 spiro atoms. The van der Waals surface area contributed by atoms with Gasteiger partial charge in [0.25, 0.3) is 0 Å². The van der Waals surface area contributed by atoms with Crippen LogP contribution in [0.3, 0.4) is 0 Å². The first-order valence-corrected chi connectivity index (χ1v) is 6.24. The number of rotatable bonds is 8. The number of hydrogen-bond acceptors (Lipinski definition) is 4. The van der Waals surface area contributed by atoms with E-state index in [2.05, 4.69) is 5.32 Å². The Hall–Kier alpha value is -0.940. The van der Waals surface area contributed by atoms with E-state index in [0.29, 0.717) is 19.6 Å². The lowest BCUT2D eigenvalue weighted by molar-refractivity contribution is 0.0861. The fraction of sp³-hybridized carbons (Fsp3) is 0.571. The van der Waals surface area contributed by atoms with Gasteiger partial charge < -0.3 is 20.3 Å². The Morgan fingerprint density at radius 1 is 1.17 bits per heavy atom. The number of methoxy groups -OCH3 is 1. The molecule has 1 aromatic rings. The molecule has 1 aromatic carbocycles. The van der Waals surface area contributed by atoms with Crippen molar-refractivity contribution in [1.29, 1.82) is 0 Å². The summed E-state index contributed by atoms with van der Waals surface area (Å²) in [6, 6.07) is 7.99. The molecule has 4 nitrogen and oxygen atoms in total. The van der Waals surface area contributed by atoms with Gasteiger partial charge in [-0.25, -0.2) is 0 Å². The molecule has 0 bridgehead atoms. The molecule has 0 fully saturated rings. The molecule has 0 heterocycles. The van der Waals surface area contributed by atoms with E-state index in [1.54, 1.807) is 7.11 Å². The van der Waals surface area contributed by atoms with Crippen LogP contribution < -0.4 is 5.32 Å². The van der Waals surface area contributed by atoms with E-state index in [-0.39, 0.29) is 13.2 Å². The smallest absolute Gasteiger partial charge is 0.0716 e. The average molecular weight is 253 g/mol. The van der Waals surface area contributed by atoms with Gasteiger partial charge in [-0.05, 0) is 17.5 Å². The third-order valence-electron chi connectivity index (χ3n) is 3.35. The number of nitrogens with one attached hydrogen (secondary N) is 1. The van der Waals surface area contributed by atoms with Gasteiger partial charge in [-0.3, -0.25) is 0 Å². The topological polar surface area (TPSA) is 61.7 Å². The van der Waals surface area contributed by atoms with E-state index in [9.17, 15) is 10.2 Å². The van der Waals surface area contributed by atoms with Gasteiger partial charge >= 0.3 is 0 Å². The standard InChI is InChI=1S/C14H23NO3/c1-3-14(10-16,11-17)15-8-12-6-4-5-7-13(12)9-18-2/h4-7,15-17H,3,8-11H2,1-2H3. The van der Waals surface area contributed by atoms with Crippen LogP contribution in [0.2, 0.25) is 0 Å². The van der Waals surface area contributed by atoms with Crippen molar-refractivity contribution in [2.45, 2.75) is 32.0 Å². The summed E-state index contributed by atoms with van der Waals surface area (Å²) in [5, 5.41) is 22.0. The number of aliphatic hydroxyl groups excluding tert-OH is 2. The summed E-state index contributed by atoms with van der Waals surface area (Å²) in [6.45, 7) is 2.96. The molecule has 0 aromatic heterocycles. The van der Waals surface area contributed by atoms with Crippen LogP contribution in [-0.2, 0) is 17.9 Å². The van der Waals surface area contributed by atoms with Gasteiger partial charge in [-0.2, -0.15) is 0 Å². The number of benzene rings is 1. The maximum absolute atomic E-state index is 9.38. The summed E-state index contributed by atoms with van der Waals surface area (Å²) >= 11 is 0. The first kappa shape index (κ1) is 15.1. The minimum atomic E-state index is -0.611. The van der Waals surface area contributed by atoms with Crippen molar-refractivity contribution in [2.75, 3.05) is 20.3 Å². The number of hydrogen-bond donors (Lipinski definition) is 3. The lowest BCUT2D eigenvalue weighted by Gasteiger charge is -2.30. The lowest BCUT2D eigenvalue weighted by atomic mass is 9.97. The Morgan fingerprint density at radius 2 is 1.78 bits per heavy atom. The van der Waals surface area contributed by atoms with Crippen LogP contribution >= 0.6 is 0 Å². The van der Waals surface area contributed by atoms with Crippen molar-refractivity contribution >= 4 is 0 Å². The lowest BCUT2D eigenvalue weighted by Crippen LogP contribution is -2.50. The highest BCUT2D eigenvalue weighted by molar-refractivity contribution is 5.26. The molecule has 4 heteroatoms. The maximum atomic E-state index is 9.38. The fourth-order valence-corrected chi connectivity index (χ4v) is 1.82. The van der Waals surface area contributed by atoms with Gasteiger partial charge in [0.05, 0.1) is 25.4 Å². The minimum absolute atomic E-state index is 0.0769. The first-order chi connectivity index (χ1) is 8.71. The predicted molar refractivity (Wildman–Crippen MR) is 71.2 cm³/mol. The highest BCUT2D eigenvalue weighted by atomic mass is 16.5. The SMILES string of the molecule is CCC(CO)(CO)NCc1ccccc1COC. The zero-order valence-electron chi connectivity index (χ0n) is 11.1. The quantitative estimate of drug-likeness (QED) is 0.648. The number of ether oxygens (including phenoxy) is 1. The highest BCUT2D eigenvalue weighted by Gasteiger charge is 2.25. The molecule has 0 amide bonds. The Kier molecular flexibility index (Phi) is 6.29. The van der Waals surface area contributed by atoms with Crippen molar-refractivity contribution < 1.29 is 14.9 Å². The van der Waals surface area contributed by atoms with Crippen molar-refractivity contribution in [1.82, 2.24) is 5.32 Å². The van der Waals surface area contributed by atoms with E-state index in [1.165, 1.54) is 0 Å². The molecule has 18 heavy (non-hydrogen) atoms. The van der Waals surface area contributed by atoms with Crippen LogP contribution in [0.5, 0.6) is 0 Å². The van der Waals surface area contributed by atoms with Gasteiger partial charge in [-0.15, -0.1) is 0 Å². The molecule has 0 saturated carbocycles. The molecule has 3 N–H and O–H groups in total. The van der Waals surface area contributed by atoms with Gasteiger partial charge in [-0.1, -0.05) is 31.2 Å². The first-order valence-electron chi connectivity index (χ1n) is 6.24. The molecule has 0 radical (unpaired) electrons. The Bertz CT molecular complexity index is 342. The van der Waals surface area contributed by atoms with Gasteiger partial charge in [0.2, 0.25) is 0 Å². The molecule has 0 saturated heterocycles. The largest absolute Gasteiger partial charge is 0.394 e. The second-order valence-electron chi connectivity index (χ2n) is 4.51. The van der Waals surface area contributed by atoms with E-state index in [4.69, 9.17) is 4.74 Å². The zero-order valence-corrected chi connectivity index (χ0v) is 11.1. The molecule has 0 aliphatic rings.